The van der Waals surface area contributed by atoms with Crippen LogP contribution in [0, 0.1) is 6.92 Å². The molecule has 0 saturated carbocycles. The largest absolute Gasteiger partial charge is 0.309 e. The number of pyridine rings is 1. The predicted octanol–water partition coefficient (Wildman–Crippen LogP) is 5.13. The lowest BCUT2D eigenvalue weighted by Gasteiger charge is -2.34. The minimum absolute atomic E-state index is 0.00132. The van der Waals surface area contributed by atoms with E-state index < -0.39 is 0 Å². The van der Waals surface area contributed by atoms with Gasteiger partial charge in [0.1, 0.15) is 0 Å². The van der Waals surface area contributed by atoms with Gasteiger partial charge in [-0.05, 0) is 36.2 Å². The van der Waals surface area contributed by atoms with Crippen LogP contribution in [0.2, 0.25) is 0 Å². The van der Waals surface area contributed by atoms with Crippen molar-refractivity contribution in [2.75, 3.05) is 0 Å². The Labute approximate surface area is 135 Å². The Morgan fingerprint density at radius 3 is 2.65 bits per heavy atom. The van der Waals surface area contributed by atoms with Crippen LogP contribution in [0.3, 0.4) is 0 Å². The lowest BCUT2D eigenvalue weighted by molar-refractivity contribution is 0.629. The molecular weight excluding hydrogens is 280 g/mol. The van der Waals surface area contributed by atoms with Crippen LogP contribution in [0.25, 0.3) is 27.5 Å². The fraction of sp³-hybridized carbons (Fsp3) is 0.190. The third-order valence-electron chi connectivity index (χ3n) is 5.30. The molecule has 4 aromatic rings. The van der Waals surface area contributed by atoms with Gasteiger partial charge in [0, 0.05) is 28.6 Å². The number of fused-ring (bicyclic) bond motifs is 5. The van der Waals surface area contributed by atoms with Crippen molar-refractivity contribution in [1.82, 2.24) is 9.55 Å². The minimum Gasteiger partial charge on any atom is -0.309 e. The molecule has 23 heavy (non-hydrogen) atoms. The Bertz CT molecular complexity index is 1100. The summed E-state index contributed by atoms with van der Waals surface area (Å²) in [6.45, 7) is 6.85. The molecule has 112 valence electrons. The molecule has 3 heterocycles. The molecule has 0 atom stereocenters. The van der Waals surface area contributed by atoms with Gasteiger partial charge < -0.3 is 4.57 Å². The second kappa shape index (κ2) is 4.02. The van der Waals surface area contributed by atoms with E-state index in [1.807, 2.05) is 12.4 Å². The molecule has 0 spiro atoms. The molecule has 0 unspecified atom stereocenters. The topological polar surface area (TPSA) is 17.8 Å². The Balaban J connectivity index is 2.15. The number of hydrogen-bond donors (Lipinski definition) is 0. The first-order chi connectivity index (χ1) is 11.1. The molecule has 5 rings (SSSR count). The van der Waals surface area contributed by atoms with Gasteiger partial charge in [-0.3, -0.25) is 4.98 Å². The number of para-hydroxylation sites is 1. The van der Waals surface area contributed by atoms with Crippen molar-refractivity contribution < 1.29 is 0 Å². The van der Waals surface area contributed by atoms with E-state index in [1.165, 1.54) is 44.2 Å². The predicted molar refractivity (Wildman–Crippen MR) is 95.4 cm³/mol. The molecule has 2 heteroatoms. The fourth-order valence-electron chi connectivity index (χ4n) is 4.20. The highest BCUT2D eigenvalue weighted by atomic mass is 15.0. The molecule has 0 aliphatic carbocycles. The van der Waals surface area contributed by atoms with Crippen LogP contribution in [0.15, 0.2) is 54.9 Å². The van der Waals surface area contributed by atoms with E-state index in [1.54, 1.807) is 0 Å². The van der Waals surface area contributed by atoms with Crippen LogP contribution in [-0.4, -0.2) is 9.55 Å². The second-order valence-electron chi connectivity index (χ2n) is 7.08. The highest BCUT2D eigenvalue weighted by Crippen LogP contribution is 2.47. The summed E-state index contributed by atoms with van der Waals surface area (Å²) < 4.78 is 2.42. The number of nitrogens with zero attached hydrogens (tertiary/aromatic N) is 2. The van der Waals surface area contributed by atoms with Crippen molar-refractivity contribution in [1.29, 1.82) is 0 Å². The molecule has 0 saturated heterocycles. The van der Waals surface area contributed by atoms with Crippen molar-refractivity contribution in [3.05, 3.63) is 71.5 Å². The van der Waals surface area contributed by atoms with E-state index in [-0.39, 0.29) is 5.41 Å². The van der Waals surface area contributed by atoms with Gasteiger partial charge in [0.05, 0.1) is 16.7 Å². The summed E-state index contributed by atoms with van der Waals surface area (Å²) in [5, 5.41) is 2.55. The zero-order valence-electron chi connectivity index (χ0n) is 13.6. The van der Waals surface area contributed by atoms with Gasteiger partial charge in [0.2, 0.25) is 0 Å². The summed E-state index contributed by atoms with van der Waals surface area (Å²) >= 11 is 0. The maximum atomic E-state index is 4.37. The maximum absolute atomic E-state index is 4.37. The number of aryl methyl sites for hydroxylation is 1. The summed E-state index contributed by atoms with van der Waals surface area (Å²) in [5.41, 5.74) is 7.96. The van der Waals surface area contributed by atoms with Crippen LogP contribution in [0.5, 0.6) is 0 Å². The van der Waals surface area contributed by atoms with Crippen LogP contribution < -0.4 is 0 Å². The normalized spacial score (nSPS) is 15.1. The molecule has 0 N–H and O–H groups in total. The average Bonchev–Trinajstić information content (AvgIpc) is 2.88. The lowest BCUT2D eigenvalue weighted by Crippen LogP contribution is -2.26. The molecule has 0 fully saturated rings. The third-order valence-corrected chi connectivity index (χ3v) is 5.30. The van der Waals surface area contributed by atoms with Gasteiger partial charge in [-0.2, -0.15) is 0 Å². The first kappa shape index (κ1) is 12.9. The molecular formula is C21H18N2. The van der Waals surface area contributed by atoms with Crippen molar-refractivity contribution >= 4 is 21.8 Å². The number of aromatic nitrogens is 2. The van der Waals surface area contributed by atoms with E-state index in [0.29, 0.717) is 0 Å². The zero-order valence-corrected chi connectivity index (χ0v) is 13.6. The van der Waals surface area contributed by atoms with E-state index in [4.69, 9.17) is 0 Å². The summed E-state index contributed by atoms with van der Waals surface area (Å²) in [4.78, 5) is 4.37. The smallest absolute Gasteiger partial charge is 0.0582 e. The maximum Gasteiger partial charge on any atom is 0.0582 e. The van der Waals surface area contributed by atoms with E-state index in [9.17, 15) is 0 Å². The molecule has 0 bridgehead atoms. The van der Waals surface area contributed by atoms with E-state index in [2.05, 4.69) is 72.8 Å². The molecule has 1 aliphatic rings. The Morgan fingerprint density at radius 1 is 0.957 bits per heavy atom. The molecule has 0 radical (unpaired) electrons. The van der Waals surface area contributed by atoms with Gasteiger partial charge in [0.25, 0.3) is 0 Å². The van der Waals surface area contributed by atoms with Crippen molar-refractivity contribution in [3.63, 3.8) is 0 Å². The van der Waals surface area contributed by atoms with Crippen LogP contribution in [0.1, 0.15) is 30.5 Å². The summed E-state index contributed by atoms with van der Waals surface area (Å²) in [6.07, 6.45) is 3.89. The molecule has 0 amide bonds. The monoisotopic (exact) mass is 298 g/mol. The zero-order chi connectivity index (χ0) is 15.8. The Hall–Kier alpha value is -2.61. The highest BCUT2D eigenvalue weighted by Gasteiger charge is 2.34. The summed E-state index contributed by atoms with van der Waals surface area (Å²) in [5.74, 6) is 0. The van der Waals surface area contributed by atoms with Crippen molar-refractivity contribution in [2.24, 2.45) is 0 Å². The number of hydrogen-bond acceptors (Lipinski definition) is 1. The Kier molecular flexibility index (Phi) is 2.25. The van der Waals surface area contributed by atoms with Gasteiger partial charge >= 0.3 is 0 Å². The first-order valence-electron chi connectivity index (χ1n) is 8.08. The molecule has 2 aromatic carbocycles. The van der Waals surface area contributed by atoms with Gasteiger partial charge in [-0.25, -0.2) is 0 Å². The number of rotatable bonds is 0. The first-order valence-corrected chi connectivity index (χ1v) is 8.08. The van der Waals surface area contributed by atoms with Crippen LogP contribution >= 0.6 is 0 Å². The molecule has 2 aromatic heterocycles. The quantitative estimate of drug-likeness (QED) is 0.440. The van der Waals surface area contributed by atoms with Crippen molar-refractivity contribution in [3.8, 4) is 5.69 Å². The van der Waals surface area contributed by atoms with E-state index in [0.717, 1.165) is 0 Å². The molecule has 2 nitrogen and oxygen atoms in total. The van der Waals surface area contributed by atoms with Gasteiger partial charge in [0.15, 0.2) is 0 Å². The van der Waals surface area contributed by atoms with Crippen molar-refractivity contribution in [2.45, 2.75) is 26.2 Å². The van der Waals surface area contributed by atoms with Gasteiger partial charge in [-0.15, -0.1) is 0 Å². The Morgan fingerprint density at radius 2 is 1.78 bits per heavy atom. The SMILES string of the molecule is Cc1cc2c3c(c1)c1cnccc1n3-c1ccccc1C2(C)C. The van der Waals surface area contributed by atoms with Crippen LogP contribution in [-0.2, 0) is 5.41 Å². The van der Waals surface area contributed by atoms with Crippen LogP contribution in [0.4, 0.5) is 0 Å². The highest BCUT2D eigenvalue weighted by molar-refractivity contribution is 6.11. The fourth-order valence-corrected chi connectivity index (χ4v) is 4.20. The standard InChI is InChI=1S/C21H18N2/c1-13-10-14-15-12-22-9-8-18(15)23-19-7-5-4-6-16(19)21(2,3)17(11-13)20(14)23/h4-12H,1-3H3. The minimum atomic E-state index is -0.00132. The molecule has 1 aliphatic heterocycles. The lowest BCUT2D eigenvalue weighted by atomic mass is 9.74. The average molecular weight is 298 g/mol. The third kappa shape index (κ3) is 1.46. The second-order valence-corrected chi connectivity index (χ2v) is 7.08. The number of benzene rings is 2. The van der Waals surface area contributed by atoms with Gasteiger partial charge in [-0.1, -0.05) is 43.7 Å². The van der Waals surface area contributed by atoms with E-state index >= 15 is 0 Å². The summed E-state index contributed by atoms with van der Waals surface area (Å²) in [7, 11) is 0. The summed E-state index contributed by atoms with van der Waals surface area (Å²) in [6, 6.07) is 15.5.